The highest BCUT2D eigenvalue weighted by molar-refractivity contribution is 5.76. The number of carbonyl (C=O) groups excluding carboxylic acids is 1. The lowest BCUT2D eigenvalue weighted by Gasteiger charge is -2.19. The molecule has 2 atom stereocenters. The summed E-state index contributed by atoms with van der Waals surface area (Å²) in [4.78, 5) is 12.3. The molecule has 0 heterocycles. The van der Waals surface area contributed by atoms with E-state index in [0.717, 1.165) is 83.5 Å². The minimum Gasteiger partial charge on any atom is -0.394 e. The normalized spacial score (nSPS) is 14.3. The van der Waals surface area contributed by atoms with Crippen LogP contribution in [0.2, 0.25) is 0 Å². The van der Waals surface area contributed by atoms with Crippen LogP contribution in [0.1, 0.15) is 155 Å². The highest BCUT2D eigenvalue weighted by Crippen LogP contribution is 2.09. The zero-order valence-electron chi connectivity index (χ0n) is 33.3. The van der Waals surface area contributed by atoms with Gasteiger partial charge in [-0.3, -0.25) is 4.79 Å². The molecule has 1 amide bonds. The summed E-state index contributed by atoms with van der Waals surface area (Å²) in [6.45, 7) is 4.12. The van der Waals surface area contributed by atoms with Crippen LogP contribution in [0.3, 0.4) is 0 Å². The Balaban J connectivity index is 3.85. The molecule has 292 valence electrons. The van der Waals surface area contributed by atoms with Crippen molar-refractivity contribution in [3.8, 4) is 0 Å². The Morgan fingerprint density at radius 2 is 0.865 bits per heavy atom. The van der Waals surface area contributed by atoms with Crippen LogP contribution in [0.15, 0.2) is 122 Å². The second kappa shape index (κ2) is 42.2. The van der Waals surface area contributed by atoms with Gasteiger partial charge in [0.15, 0.2) is 0 Å². The number of amides is 1. The minimum absolute atomic E-state index is 0.142. The van der Waals surface area contributed by atoms with Gasteiger partial charge in [-0.15, -0.1) is 0 Å². The third-order valence-corrected chi connectivity index (χ3v) is 8.41. The maximum absolute atomic E-state index is 12.3. The largest absolute Gasteiger partial charge is 0.394 e. The fourth-order valence-corrected chi connectivity index (χ4v) is 5.25. The van der Waals surface area contributed by atoms with E-state index in [-0.39, 0.29) is 12.5 Å². The molecule has 0 rings (SSSR count). The number of aliphatic hydroxyl groups is 2. The standard InChI is InChI=1S/C48H77NO3/c1-3-5-7-9-11-13-15-17-19-21-22-23-24-25-26-28-30-32-34-36-38-40-42-44-48(52)49-46(45-50)47(51)43-41-39-37-35-33-31-29-27-20-18-16-14-12-10-8-6-4-2/h5,7,11,13,17,19-20,22-23,25-27,30,32-33,35-36,38,41,43,46-47,50-51H,3-4,6,8-10,12,14-16,18,21,24,28-29,31,34,37,39-40,42,44-45H2,1-2H3,(H,49,52)/b7-5-,13-11-,19-17-,23-22-,26-25-,27-20+,32-30-,35-33+,38-36-,43-41+. The van der Waals surface area contributed by atoms with Crippen molar-refractivity contribution in [2.24, 2.45) is 0 Å². The van der Waals surface area contributed by atoms with Gasteiger partial charge < -0.3 is 15.5 Å². The van der Waals surface area contributed by atoms with E-state index in [1.54, 1.807) is 6.08 Å². The topological polar surface area (TPSA) is 69.6 Å². The molecule has 0 aromatic rings. The number of unbranched alkanes of at least 4 members (excludes halogenated alkanes) is 10. The molecule has 0 aliphatic rings. The molecule has 3 N–H and O–H groups in total. The van der Waals surface area contributed by atoms with Crippen molar-refractivity contribution in [2.75, 3.05) is 6.61 Å². The van der Waals surface area contributed by atoms with Crippen molar-refractivity contribution in [1.29, 1.82) is 0 Å². The van der Waals surface area contributed by atoms with Gasteiger partial charge in [0.25, 0.3) is 0 Å². The van der Waals surface area contributed by atoms with Crippen molar-refractivity contribution in [2.45, 2.75) is 167 Å². The Hall–Kier alpha value is -3.21. The molecule has 52 heavy (non-hydrogen) atoms. The molecule has 4 nitrogen and oxygen atoms in total. The Kier molecular flexibility index (Phi) is 39.6. The third-order valence-electron chi connectivity index (χ3n) is 8.41. The quantitative estimate of drug-likeness (QED) is 0.0452. The van der Waals surface area contributed by atoms with Gasteiger partial charge in [-0.05, 0) is 96.3 Å². The second-order valence-corrected chi connectivity index (χ2v) is 13.3. The van der Waals surface area contributed by atoms with E-state index >= 15 is 0 Å². The van der Waals surface area contributed by atoms with Gasteiger partial charge in [0, 0.05) is 6.42 Å². The number of nitrogens with one attached hydrogen (secondary N) is 1. The summed E-state index contributed by atoms with van der Waals surface area (Å²) in [5.74, 6) is -0.142. The first kappa shape index (κ1) is 48.8. The monoisotopic (exact) mass is 716 g/mol. The van der Waals surface area contributed by atoms with Crippen molar-refractivity contribution in [1.82, 2.24) is 5.32 Å². The number of aliphatic hydroxyl groups excluding tert-OH is 2. The summed E-state index contributed by atoms with van der Waals surface area (Å²) >= 11 is 0. The first-order valence-electron chi connectivity index (χ1n) is 20.7. The van der Waals surface area contributed by atoms with E-state index in [1.807, 2.05) is 6.08 Å². The van der Waals surface area contributed by atoms with Crippen LogP contribution in [0.5, 0.6) is 0 Å². The highest BCUT2D eigenvalue weighted by Gasteiger charge is 2.17. The SMILES string of the molecule is CC/C=C\C/C=C\C/C=C\C/C=C\C/C=C\C/C=C\C/C=C\CCCC(=O)NC(CO)C(O)/C=C/CC/C=C/CC/C=C/CCCCCCCCC. The summed E-state index contributed by atoms with van der Waals surface area (Å²) in [6, 6.07) is -0.684. The van der Waals surface area contributed by atoms with E-state index in [1.165, 1.54) is 51.4 Å². The Morgan fingerprint density at radius 1 is 0.481 bits per heavy atom. The van der Waals surface area contributed by atoms with Crippen molar-refractivity contribution < 1.29 is 15.0 Å². The zero-order chi connectivity index (χ0) is 37.8. The smallest absolute Gasteiger partial charge is 0.220 e. The molecule has 0 aliphatic heterocycles. The molecule has 0 spiro atoms. The van der Waals surface area contributed by atoms with Crippen LogP contribution in [0, 0.1) is 0 Å². The maximum atomic E-state index is 12.3. The van der Waals surface area contributed by atoms with Gasteiger partial charge >= 0.3 is 0 Å². The molecule has 2 unspecified atom stereocenters. The first-order chi connectivity index (χ1) is 25.7. The predicted octanol–water partition coefficient (Wildman–Crippen LogP) is 13.0. The fourth-order valence-electron chi connectivity index (χ4n) is 5.25. The minimum atomic E-state index is -0.902. The van der Waals surface area contributed by atoms with Crippen molar-refractivity contribution in [3.05, 3.63) is 122 Å². The molecule has 0 saturated carbocycles. The maximum Gasteiger partial charge on any atom is 0.220 e. The summed E-state index contributed by atoms with van der Waals surface area (Å²) in [5, 5.41) is 22.9. The second-order valence-electron chi connectivity index (χ2n) is 13.3. The molecule has 0 aliphatic carbocycles. The van der Waals surface area contributed by atoms with Gasteiger partial charge in [-0.1, -0.05) is 174 Å². The number of carbonyl (C=O) groups is 1. The first-order valence-corrected chi connectivity index (χ1v) is 20.7. The number of allylic oxidation sites excluding steroid dienone is 19. The molecular weight excluding hydrogens is 639 g/mol. The molecule has 0 fully saturated rings. The van der Waals surface area contributed by atoms with Crippen LogP contribution in [-0.4, -0.2) is 34.9 Å². The van der Waals surface area contributed by atoms with Crippen LogP contribution in [0.25, 0.3) is 0 Å². The van der Waals surface area contributed by atoms with E-state index in [0.29, 0.717) is 6.42 Å². The molecule has 4 heteroatoms. The summed E-state index contributed by atoms with van der Waals surface area (Å²) < 4.78 is 0. The molecule has 0 aromatic heterocycles. The van der Waals surface area contributed by atoms with Crippen LogP contribution >= 0.6 is 0 Å². The van der Waals surface area contributed by atoms with Gasteiger partial charge in [-0.2, -0.15) is 0 Å². The lowest BCUT2D eigenvalue weighted by Crippen LogP contribution is -2.45. The lowest BCUT2D eigenvalue weighted by atomic mass is 10.1. The summed E-state index contributed by atoms with van der Waals surface area (Å²) in [7, 11) is 0. The number of hydrogen-bond donors (Lipinski definition) is 3. The predicted molar refractivity (Wildman–Crippen MR) is 229 cm³/mol. The van der Waals surface area contributed by atoms with Gasteiger partial charge in [0.1, 0.15) is 0 Å². The van der Waals surface area contributed by atoms with Crippen molar-refractivity contribution in [3.63, 3.8) is 0 Å². The van der Waals surface area contributed by atoms with Gasteiger partial charge in [-0.25, -0.2) is 0 Å². The van der Waals surface area contributed by atoms with Gasteiger partial charge in [0.05, 0.1) is 18.8 Å². The number of hydrogen-bond acceptors (Lipinski definition) is 3. The molecule has 0 saturated heterocycles. The van der Waals surface area contributed by atoms with Crippen LogP contribution in [0.4, 0.5) is 0 Å². The fraction of sp³-hybridized carbons (Fsp3) is 0.562. The Labute approximate surface area is 320 Å². The average Bonchev–Trinajstić information content (AvgIpc) is 3.15. The summed E-state index contributed by atoms with van der Waals surface area (Å²) in [6.07, 6.45) is 65.8. The third kappa shape index (κ3) is 38.0. The molecule has 0 aromatic carbocycles. The van der Waals surface area contributed by atoms with Gasteiger partial charge in [0.2, 0.25) is 5.91 Å². The van der Waals surface area contributed by atoms with E-state index in [9.17, 15) is 15.0 Å². The summed E-state index contributed by atoms with van der Waals surface area (Å²) in [5.41, 5.74) is 0. The Bertz CT molecular complexity index is 1080. The van der Waals surface area contributed by atoms with Crippen molar-refractivity contribution >= 4 is 5.91 Å². The Morgan fingerprint density at radius 3 is 1.35 bits per heavy atom. The molecule has 0 bridgehead atoms. The van der Waals surface area contributed by atoms with E-state index in [4.69, 9.17) is 0 Å². The van der Waals surface area contributed by atoms with E-state index < -0.39 is 12.1 Å². The highest BCUT2D eigenvalue weighted by atomic mass is 16.3. The lowest BCUT2D eigenvalue weighted by molar-refractivity contribution is -0.122. The molecule has 0 radical (unpaired) electrons. The van der Waals surface area contributed by atoms with E-state index in [2.05, 4.69) is 129 Å². The van der Waals surface area contributed by atoms with Crippen LogP contribution < -0.4 is 5.32 Å². The van der Waals surface area contributed by atoms with Crippen LogP contribution in [-0.2, 0) is 4.79 Å². The molecular formula is C48H77NO3. The average molecular weight is 716 g/mol. The zero-order valence-corrected chi connectivity index (χ0v) is 33.3. The number of rotatable bonds is 35.